The summed E-state index contributed by atoms with van der Waals surface area (Å²) >= 11 is 0. The number of hydrogen-bond acceptors (Lipinski definition) is 1. The van der Waals surface area contributed by atoms with Gasteiger partial charge in [0.1, 0.15) is 0 Å². The first kappa shape index (κ1) is 9.39. The van der Waals surface area contributed by atoms with Gasteiger partial charge in [-0.05, 0) is 13.0 Å². The Hall–Kier alpha value is 0.394. The summed E-state index contributed by atoms with van der Waals surface area (Å²) in [5.41, 5.74) is 1.58. The minimum atomic E-state index is -0.214. The minimum Gasteiger partial charge on any atom is -0.342 e. The molecule has 0 heterocycles. The van der Waals surface area contributed by atoms with Gasteiger partial charge in [0.05, 0.1) is 9.68 Å². The third kappa shape index (κ3) is 8.39. The Labute approximate surface area is 62.7 Å². The lowest BCUT2D eigenvalue weighted by atomic mass is 10.5. The molecule has 3 heteroatoms. The summed E-state index contributed by atoms with van der Waals surface area (Å²) in [4.78, 5) is 3.54. The van der Waals surface area contributed by atoms with Crippen LogP contribution in [0.4, 0.5) is 0 Å². The molecule has 0 saturated heterocycles. The van der Waals surface area contributed by atoms with Crippen molar-refractivity contribution in [3.05, 3.63) is 0 Å². The molecule has 0 rings (SSSR count). The van der Waals surface area contributed by atoms with Crippen molar-refractivity contribution in [2.75, 3.05) is 6.54 Å². The first-order valence-electron chi connectivity index (χ1n) is 3.98. The van der Waals surface area contributed by atoms with Gasteiger partial charge in [0, 0.05) is 8.80 Å². The highest BCUT2D eigenvalue weighted by atomic mass is 28.3. The maximum Gasteiger partial charge on any atom is 0.0887 e. The molecule has 9 heavy (non-hydrogen) atoms. The van der Waals surface area contributed by atoms with E-state index in [1.165, 1.54) is 13.0 Å². The molecule has 0 atom stereocenters. The van der Waals surface area contributed by atoms with Crippen LogP contribution in [0.1, 0.15) is 13.3 Å². The molecule has 0 radical (unpaired) electrons. The van der Waals surface area contributed by atoms with Crippen molar-refractivity contribution in [1.29, 1.82) is 0 Å². The molecular weight excluding hydrogens is 142 g/mol. The van der Waals surface area contributed by atoms with Crippen LogP contribution in [0.3, 0.4) is 0 Å². The van der Waals surface area contributed by atoms with Crippen molar-refractivity contribution < 1.29 is 0 Å². The topological polar surface area (TPSA) is 12.0 Å². The van der Waals surface area contributed by atoms with Crippen LogP contribution in [-0.2, 0) is 0 Å². The van der Waals surface area contributed by atoms with E-state index < -0.39 is 0 Å². The fourth-order valence-electron chi connectivity index (χ4n) is 0.693. The predicted octanol–water partition coefficient (Wildman–Crippen LogP) is 0.514. The van der Waals surface area contributed by atoms with E-state index in [9.17, 15) is 0 Å². The third-order valence-corrected chi connectivity index (χ3v) is 7.81. The monoisotopic (exact) mass is 161 g/mol. The minimum absolute atomic E-state index is 0.165. The van der Waals surface area contributed by atoms with Crippen LogP contribution in [0.25, 0.3) is 0 Å². The van der Waals surface area contributed by atoms with Gasteiger partial charge in [-0.25, -0.2) is 0 Å². The second-order valence-corrected chi connectivity index (χ2v) is 9.03. The Bertz CT molecular complexity index is 57.0. The van der Waals surface area contributed by atoms with Crippen molar-refractivity contribution >= 4 is 18.5 Å². The molecule has 1 nitrogen and oxygen atoms in total. The molecule has 0 aliphatic rings. The maximum absolute atomic E-state index is 3.54. The van der Waals surface area contributed by atoms with Crippen LogP contribution in [-0.4, -0.2) is 25.0 Å². The number of rotatable bonds is 5. The van der Waals surface area contributed by atoms with Crippen LogP contribution in [0.15, 0.2) is 0 Å². The highest BCUT2D eigenvalue weighted by molar-refractivity contribution is 6.66. The third-order valence-electron chi connectivity index (χ3n) is 1.33. The lowest BCUT2D eigenvalue weighted by Gasteiger charge is -2.02. The van der Waals surface area contributed by atoms with Crippen LogP contribution in [0.2, 0.25) is 18.8 Å². The molecule has 0 saturated carbocycles. The Morgan fingerprint density at radius 3 is 2.56 bits per heavy atom. The molecule has 0 aromatic carbocycles. The highest BCUT2D eigenvalue weighted by Crippen LogP contribution is 1.84. The van der Waals surface area contributed by atoms with Crippen molar-refractivity contribution in [3.63, 3.8) is 0 Å². The van der Waals surface area contributed by atoms with Gasteiger partial charge >= 0.3 is 0 Å². The highest BCUT2D eigenvalue weighted by Gasteiger charge is 1.93. The molecule has 0 aliphatic carbocycles. The largest absolute Gasteiger partial charge is 0.342 e. The van der Waals surface area contributed by atoms with Gasteiger partial charge in [0.15, 0.2) is 0 Å². The molecule has 56 valence electrons. The van der Waals surface area contributed by atoms with E-state index in [0.29, 0.717) is 0 Å². The fraction of sp³-hybridized carbons (Fsp3) is 1.00. The van der Waals surface area contributed by atoms with Gasteiger partial charge in [0.2, 0.25) is 0 Å². The first-order valence-corrected chi connectivity index (χ1v) is 8.81. The van der Waals surface area contributed by atoms with Gasteiger partial charge in [-0.3, -0.25) is 0 Å². The Kier molecular flexibility index (Phi) is 6.80. The normalized spacial score (nSPS) is 12.0. The molecule has 0 amide bonds. The summed E-state index contributed by atoms with van der Waals surface area (Å²) in [7, 11) is -0.0494. The van der Waals surface area contributed by atoms with Crippen LogP contribution in [0.5, 0.6) is 0 Å². The van der Waals surface area contributed by atoms with E-state index in [2.05, 4.69) is 25.0 Å². The van der Waals surface area contributed by atoms with E-state index in [1.807, 2.05) is 0 Å². The zero-order valence-corrected chi connectivity index (χ0v) is 9.47. The molecule has 0 unspecified atom stereocenters. The van der Waals surface area contributed by atoms with Crippen molar-refractivity contribution in [2.45, 2.75) is 32.1 Å². The molecule has 0 aliphatic heterocycles. The summed E-state index contributed by atoms with van der Waals surface area (Å²) in [5.74, 6) is 0. The van der Waals surface area contributed by atoms with E-state index in [0.717, 1.165) is 0 Å². The summed E-state index contributed by atoms with van der Waals surface area (Å²) in [6.45, 7) is 8.35. The van der Waals surface area contributed by atoms with E-state index in [4.69, 9.17) is 0 Å². The van der Waals surface area contributed by atoms with E-state index in [-0.39, 0.29) is 18.5 Å². The van der Waals surface area contributed by atoms with E-state index in [1.54, 1.807) is 5.67 Å². The summed E-state index contributed by atoms with van der Waals surface area (Å²) in [5, 5.41) is 0. The Morgan fingerprint density at radius 1 is 1.44 bits per heavy atom. The first-order chi connectivity index (χ1) is 4.27. The van der Waals surface area contributed by atoms with Crippen molar-refractivity contribution in [1.82, 2.24) is 4.98 Å². The molecular formula is C6H19NSi2. The van der Waals surface area contributed by atoms with Crippen LogP contribution in [0, 0.1) is 0 Å². The van der Waals surface area contributed by atoms with Gasteiger partial charge in [-0.2, -0.15) is 0 Å². The molecule has 0 aromatic rings. The lowest BCUT2D eigenvalue weighted by molar-refractivity contribution is 0.860. The maximum atomic E-state index is 3.54. The molecule has 0 fully saturated rings. The fourth-order valence-corrected chi connectivity index (χ4v) is 4.42. The second-order valence-electron chi connectivity index (χ2n) is 2.93. The predicted molar refractivity (Wildman–Crippen MR) is 50.5 cm³/mol. The quantitative estimate of drug-likeness (QED) is 0.458. The summed E-state index contributed by atoms with van der Waals surface area (Å²) in [6, 6.07) is 0. The smallest absolute Gasteiger partial charge is 0.0887 e. The molecule has 0 spiro atoms. The average Bonchev–Trinajstić information content (AvgIpc) is 1.80. The summed E-state index contributed by atoms with van der Waals surface area (Å²) < 4.78 is 0. The van der Waals surface area contributed by atoms with Crippen LogP contribution < -0.4 is 4.98 Å². The Balaban J connectivity index is 2.75. The second kappa shape index (κ2) is 6.51. The van der Waals surface area contributed by atoms with Gasteiger partial charge in [-0.1, -0.05) is 25.7 Å². The SMILES string of the molecule is CCCN[SiH2]C[SiH](C)C. The van der Waals surface area contributed by atoms with Crippen molar-refractivity contribution in [3.8, 4) is 0 Å². The van der Waals surface area contributed by atoms with Crippen LogP contribution >= 0.6 is 0 Å². The zero-order chi connectivity index (χ0) is 7.11. The molecule has 1 N–H and O–H groups in total. The Morgan fingerprint density at radius 2 is 2.11 bits per heavy atom. The van der Waals surface area contributed by atoms with E-state index >= 15 is 0 Å². The van der Waals surface area contributed by atoms with Gasteiger partial charge in [0.25, 0.3) is 0 Å². The summed E-state index contributed by atoms with van der Waals surface area (Å²) in [6.07, 6.45) is 1.30. The van der Waals surface area contributed by atoms with Gasteiger partial charge in [-0.15, -0.1) is 0 Å². The molecule has 0 aromatic heterocycles. The zero-order valence-electron chi connectivity index (χ0n) is 6.91. The van der Waals surface area contributed by atoms with Gasteiger partial charge < -0.3 is 4.98 Å². The number of hydrogen-bond donors (Lipinski definition) is 1. The molecule has 0 bridgehead atoms. The lowest BCUT2D eigenvalue weighted by Crippen LogP contribution is -2.23. The average molecular weight is 161 g/mol. The van der Waals surface area contributed by atoms with Crippen molar-refractivity contribution in [2.24, 2.45) is 0 Å². The number of nitrogens with one attached hydrogen (secondary N) is 1. The standard InChI is InChI=1S/C6H19NSi2/c1-4-5-7-8-6-9(2)3/h7,9H,4-6,8H2,1-3H3.